The van der Waals surface area contributed by atoms with Gasteiger partial charge in [-0.25, -0.2) is 4.98 Å². The summed E-state index contributed by atoms with van der Waals surface area (Å²) in [7, 11) is 0. The van der Waals surface area contributed by atoms with E-state index in [1.54, 1.807) is 0 Å². The van der Waals surface area contributed by atoms with Crippen molar-refractivity contribution in [3.8, 4) is 0 Å². The number of anilines is 1. The van der Waals surface area contributed by atoms with Gasteiger partial charge < -0.3 is 10.6 Å². The van der Waals surface area contributed by atoms with E-state index in [1.807, 2.05) is 13.1 Å². The van der Waals surface area contributed by atoms with Crippen molar-refractivity contribution in [2.24, 2.45) is 5.73 Å². The first-order chi connectivity index (χ1) is 9.65. The molecule has 0 radical (unpaired) electrons. The molecule has 2 N–H and O–H groups in total. The van der Waals surface area contributed by atoms with Gasteiger partial charge in [-0.15, -0.1) is 0 Å². The standard InChI is InChI=1S/C17H21N3/c1-12-9-16(13(2)18)10-19-17(12)20-8-7-14-5-3-4-6-15(14)11-20/h3-6,9-10,13H,7-8,11,18H2,1-2H3. The zero-order chi connectivity index (χ0) is 14.1. The number of pyridine rings is 1. The van der Waals surface area contributed by atoms with Gasteiger partial charge in [0, 0.05) is 25.3 Å². The minimum Gasteiger partial charge on any atom is -0.352 e. The molecule has 3 nitrogen and oxygen atoms in total. The van der Waals surface area contributed by atoms with Crippen LogP contribution >= 0.6 is 0 Å². The zero-order valence-corrected chi connectivity index (χ0v) is 12.1. The third-order valence-electron chi connectivity index (χ3n) is 4.03. The molecule has 104 valence electrons. The number of hydrogen-bond acceptors (Lipinski definition) is 3. The summed E-state index contributed by atoms with van der Waals surface area (Å²) >= 11 is 0. The highest BCUT2D eigenvalue weighted by atomic mass is 15.2. The van der Waals surface area contributed by atoms with Crippen LogP contribution in [0.5, 0.6) is 0 Å². The van der Waals surface area contributed by atoms with Crippen LogP contribution in [0, 0.1) is 6.92 Å². The molecule has 0 aliphatic carbocycles. The SMILES string of the molecule is Cc1cc(C(C)N)cnc1N1CCc2ccccc2C1. The number of hydrogen-bond donors (Lipinski definition) is 1. The molecule has 1 aromatic carbocycles. The highest BCUT2D eigenvalue weighted by Crippen LogP contribution is 2.26. The fourth-order valence-electron chi connectivity index (χ4n) is 2.85. The monoisotopic (exact) mass is 267 g/mol. The van der Waals surface area contributed by atoms with E-state index in [4.69, 9.17) is 5.73 Å². The van der Waals surface area contributed by atoms with Crippen molar-refractivity contribution in [1.29, 1.82) is 0 Å². The van der Waals surface area contributed by atoms with Crippen LogP contribution in [0.25, 0.3) is 0 Å². The highest BCUT2D eigenvalue weighted by Gasteiger charge is 2.18. The van der Waals surface area contributed by atoms with Crippen molar-refractivity contribution < 1.29 is 0 Å². The van der Waals surface area contributed by atoms with Crippen LogP contribution in [0.1, 0.15) is 35.2 Å². The molecule has 3 heteroatoms. The molecule has 0 spiro atoms. The fourth-order valence-corrected chi connectivity index (χ4v) is 2.85. The summed E-state index contributed by atoms with van der Waals surface area (Å²) < 4.78 is 0. The number of nitrogens with two attached hydrogens (primary N) is 1. The fraction of sp³-hybridized carbons (Fsp3) is 0.353. The number of fused-ring (bicyclic) bond motifs is 1. The molecule has 0 amide bonds. The highest BCUT2D eigenvalue weighted by molar-refractivity contribution is 5.50. The van der Waals surface area contributed by atoms with Gasteiger partial charge in [-0.05, 0) is 48.6 Å². The largest absolute Gasteiger partial charge is 0.352 e. The molecule has 0 saturated heterocycles. The van der Waals surface area contributed by atoms with Crippen LogP contribution in [0.4, 0.5) is 5.82 Å². The molecule has 0 saturated carbocycles. The van der Waals surface area contributed by atoms with Gasteiger partial charge >= 0.3 is 0 Å². The van der Waals surface area contributed by atoms with Gasteiger partial charge in [-0.2, -0.15) is 0 Å². The maximum absolute atomic E-state index is 5.92. The van der Waals surface area contributed by atoms with Crippen molar-refractivity contribution in [3.63, 3.8) is 0 Å². The molecule has 0 fully saturated rings. The smallest absolute Gasteiger partial charge is 0.131 e. The average molecular weight is 267 g/mol. The Morgan fingerprint density at radius 2 is 2.00 bits per heavy atom. The summed E-state index contributed by atoms with van der Waals surface area (Å²) in [6.07, 6.45) is 3.00. The normalized spacial score (nSPS) is 15.8. The molecule has 3 rings (SSSR count). The topological polar surface area (TPSA) is 42.1 Å². The Balaban J connectivity index is 1.88. The molecule has 1 aliphatic heterocycles. The Kier molecular flexibility index (Phi) is 3.45. The second-order valence-corrected chi connectivity index (χ2v) is 5.64. The summed E-state index contributed by atoms with van der Waals surface area (Å²) in [5.74, 6) is 1.09. The lowest BCUT2D eigenvalue weighted by molar-refractivity contribution is 0.715. The molecule has 2 heterocycles. The lowest BCUT2D eigenvalue weighted by Crippen LogP contribution is -2.31. The summed E-state index contributed by atoms with van der Waals surface area (Å²) in [6, 6.07) is 10.9. The minimum atomic E-state index is 0.0392. The van der Waals surface area contributed by atoms with E-state index in [-0.39, 0.29) is 6.04 Å². The van der Waals surface area contributed by atoms with Gasteiger partial charge in [0.05, 0.1) is 0 Å². The van der Waals surface area contributed by atoms with Crippen molar-refractivity contribution in [2.45, 2.75) is 32.9 Å². The summed E-state index contributed by atoms with van der Waals surface area (Å²) in [4.78, 5) is 7.01. The van der Waals surface area contributed by atoms with E-state index in [2.05, 4.69) is 47.1 Å². The van der Waals surface area contributed by atoms with E-state index in [1.165, 1.54) is 16.7 Å². The van der Waals surface area contributed by atoms with Crippen molar-refractivity contribution in [1.82, 2.24) is 4.98 Å². The number of aryl methyl sites for hydroxylation is 1. The van der Waals surface area contributed by atoms with Gasteiger partial charge in [0.2, 0.25) is 0 Å². The Morgan fingerprint density at radius 3 is 2.70 bits per heavy atom. The summed E-state index contributed by atoms with van der Waals surface area (Å²) in [5, 5.41) is 0. The van der Waals surface area contributed by atoms with Gasteiger partial charge in [-0.1, -0.05) is 24.3 Å². The maximum Gasteiger partial charge on any atom is 0.131 e. The first-order valence-corrected chi connectivity index (χ1v) is 7.19. The Hall–Kier alpha value is -1.87. The lowest BCUT2D eigenvalue weighted by Gasteiger charge is -2.31. The Morgan fingerprint density at radius 1 is 1.25 bits per heavy atom. The molecular formula is C17H21N3. The molecular weight excluding hydrogens is 246 g/mol. The average Bonchev–Trinajstić information content (AvgIpc) is 2.46. The van der Waals surface area contributed by atoms with Crippen molar-refractivity contribution in [3.05, 3.63) is 58.8 Å². The van der Waals surface area contributed by atoms with Crippen LogP contribution < -0.4 is 10.6 Å². The lowest BCUT2D eigenvalue weighted by atomic mass is 9.99. The van der Waals surface area contributed by atoms with Crippen molar-refractivity contribution in [2.75, 3.05) is 11.4 Å². The molecule has 20 heavy (non-hydrogen) atoms. The second-order valence-electron chi connectivity index (χ2n) is 5.64. The summed E-state index contributed by atoms with van der Waals surface area (Å²) in [6.45, 7) is 6.09. The van der Waals surface area contributed by atoms with Crippen LogP contribution in [0.15, 0.2) is 36.5 Å². The van der Waals surface area contributed by atoms with Gasteiger partial charge in [0.15, 0.2) is 0 Å². The predicted octanol–water partition coefficient (Wildman–Crippen LogP) is 2.97. The second kappa shape index (κ2) is 5.25. The van der Waals surface area contributed by atoms with E-state index in [0.29, 0.717) is 0 Å². The van der Waals surface area contributed by atoms with Gasteiger partial charge in [0.25, 0.3) is 0 Å². The minimum absolute atomic E-state index is 0.0392. The quantitative estimate of drug-likeness (QED) is 0.909. The third-order valence-corrected chi connectivity index (χ3v) is 4.03. The summed E-state index contributed by atoms with van der Waals surface area (Å²) in [5.41, 5.74) is 11.1. The number of aromatic nitrogens is 1. The first-order valence-electron chi connectivity index (χ1n) is 7.19. The molecule has 0 bridgehead atoms. The first kappa shape index (κ1) is 13.1. The van der Waals surface area contributed by atoms with Crippen LogP contribution in [-0.4, -0.2) is 11.5 Å². The van der Waals surface area contributed by atoms with Crippen LogP contribution in [-0.2, 0) is 13.0 Å². The van der Waals surface area contributed by atoms with Crippen LogP contribution in [0.3, 0.4) is 0 Å². The molecule has 1 atom stereocenters. The number of nitrogens with zero attached hydrogens (tertiary/aromatic N) is 2. The Labute approximate surface area is 120 Å². The number of benzene rings is 1. The maximum atomic E-state index is 5.92. The van der Waals surface area contributed by atoms with Crippen molar-refractivity contribution >= 4 is 5.82 Å². The third kappa shape index (κ3) is 2.41. The number of rotatable bonds is 2. The van der Waals surface area contributed by atoms with E-state index in [0.717, 1.165) is 30.9 Å². The molecule has 1 aromatic heterocycles. The molecule has 1 unspecified atom stereocenters. The van der Waals surface area contributed by atoms with Gasteiger partial charge in [0.1, 0.15) is 5.82 Å². The predicted molar refractivity (Wildman–Crippen MR) is 82.8 cm³/mol. The van der Waals surface area contributed by atoms with Crippen LogP contribution in [0.2, 0.25) is 0 Å². The molecule has 1 aliphatic rings. The van der Waals surface area contributed by atoms with E-state index >= 15 is 0 Å². The molecule has 2 aromatic rings. The van der Waals surface area contributed by atoms with E-state index < -0.39 is 0 Å². The zero-order valence-electron chi connectivity index (χ0n) is 12.1. The van der Waals surface area contributed by atoms with E-state index in [9.17, 15) is 0 Å². The Bertz CT molecular complexity index is 619. The van der Waals surface area contributed by atoms with Gasteiger partial charge in [-0.3, -0.25) is 0 Å².